The van der Waals surface area contributed by atoms with Crippen LogP contribution in [-0.2, 0) is 6.54 Å². The van der Waals surface area contributed by atoms with Crippen LogP contribution in [0.5, 0.6) is 5.75 Å². The lowest BCUT2D eigenvalue weighted by Gasteiger charge is -2.13. The molecular formula is C18H18F3N3O4. The van der Waals surface area contributed by atoms with Gasteiger partial charge in [-0.25, -0.2) is 0 Å². The topological polar surface area (TPSA) is 84.7 Å². The summed E-state index contributed by atoms with van der Waals surface area (Å²) in [4.78, 5) is 24.5. The molecule has 0 fully saturated rings. The van der Waals surface area contributed by atoms with E-state index in [1.54, 1.807) is 19.0 Å². The number of nitro benzene ring substituents is 1. The molecule has 0 aliphatic heterocycles. The molecule has 0 aromatic heterocycles. The summed E-state index contributed by atoms with van der Waals surface area (Å²) in [5, 5.41) is 13.8. The Bertz CT molecular complexity index is 852. The van der Waals surface area contributed by atoms with Crippen LogP contribution >= 0.6 is 0 Å². The van der Waals surface area contributed by atoms with E-state index in [1.807, 2.05) is 0 Å². The molecule has 1 N–H and O–H groups in total. The minimum atomic E-state index is -4.42. The van der Waals surface area contributed by atoms with Crippen LogP contribution in [0.1, 0.15) is 15.9 Å². The fourth-order valence-corrected chi connectivity index (χ4v) is 2.34. The minimum Gasteiger partial charge on any atom is -0.484 e. The zero-order valence-electron chi connectivity index (χ0n) is 15.1. The predicted octanol–water partition coefficient (Wildman–Crippen LogP) is 3.53. The van der Waals surface area contributed by atoms with Gasteiger partial charge in [0.05, 0.1) is 4.92 Å². The highest BCUT2D eigenvalue weighted by Crippen LogP contribution is 2.27. The van der Waals surface area contributed by atoms with Crippen molar-refractivity contribution in [2.75, 3.05) is 25.6 Å². The number of rotatable bonds is 7. The van der Waals surface area contributed by atoms with E-state index in [4.69, 9.17) is 0 Å². The number of nitro groups is 1. The molecule has 1 amide bonds. The molecule has 150 valence electrons. The van der Waals surface area contributed by atoms with Crippen LogP contribution in [0, 0.1) is 10.1 Å². The number of halogens is 3. The predicted molar refractivity (Wildman–Crippen MR) is 96.6 cm³/mol. The summed E-state index contributed by atoms with van der Waals surface area (Å²) in [6.07, 6.45) is -4.42. The van der Waals surface area contributed by atoms with Crippen molar-refractivity contribution in [1.82, 2.24) is 5.32 Å². The highest BCUT2D eigenvalue weighted by atomic mass is 19.4. The molecule has 0 radical (unpaired) electrons. The summed E-state index contributed by atoms with van der Waals surface area (Å²) in [5.74, 6) is -0.451. The lowest BCUT2D eigenvalue weighted by Crippen LogP contribution is -2.23. The molecule has 0 saturated carbocycles. The van der Waals surface area contributed by atoms with Crippen LogP contribution < -0.4 is 15.0 Å². The van der Waals surface area contributed by atoms with E-state index in [0.717, 1.165) is 0 Å². The molecular weight excluding hydrogens is 379 g/mol. The zero-order valence-corrected chi connectivity index (χ0v) is 15.1. The summed E-state index contributed by atoms with van der Waals surface area (Å²) in [6.45, 7) is -1.29. The Labute approximate surface area is 158 Å². The lowest BCUT2D eigenvalue weighted by molar-refractivity contribution is -0.384. The molecule has 0 unspecified atom stereocenters. The molecule has 10 heteroatoms. The first kappa shape index (κ1) is 21.0. The van der Waals surface area contributed by atoms with Crippen LogP contribution in [0.4, 0.5) is 24.5 Å². The van der Waals surface area contributed by atoms with Crippen molar-refractivity contribution in [3.63, 3.8) is 0 Å². The molecule has 2 rings (SSSR count). The Morgan fingerprint density at radius 2 is 1.82 bits per heavy atom. The summed E-state index contributed by atoms with van der Waals surface area (Å²) >= 11 is 0. The molecule has 0 spiro atoms. The van der Waals surface area contributed by atoms with Gasteiger partial charge in [-0.3, -0.25) is 14.9 Å². The number of hydrogen-bond acceptors (Lipinski definition) is 5. The van der Waals surface area contributed by atoms with E-state index >= 15 is 0 Å². The number of ether oxygens (including phenoxy) is 1. The maximum Gasteiger partial charge on any atom is 0.422 e. The van der Waals surface area contributed by atoms with E-state index in [0.29, 0.717) is 11.3 Å². The van der Waals surface area contributed by atoms with Gasteiger partial charge in [-0.05, 0) is 29.8 Å². The largest absolute Gasteiger partial charge is 0.484 e. The highest BCUT2D eigenvalue weighted by Gasteiger charge is 2.28. The van der Waals surface area contributed by atoms with E-state index in [-0.39, 0.29) is 23.5 Å². The van der Waals surface area contributed by atoms with Gasteiger partial charge in [0.2, 0.25) is 0 Å². The molecule has 28 heavy (non-hydrogen) atoms. The van der Waals surface area contributed by atoms with Gasteiger partial charge >= 0.3 is 6.18 Å². The number of nitrogens with zero attached hydrogens (tertiary/aromatic N) is 2. The van der Waals surface area contributed by atoms with Crippen molar-refractivity contribution in [2.24, 2.45) is 0 Å². The number of benzene rings is 2. The van der Waals surface area contributed by atoms with E-state index in [1.165, 1.54) is 42.5 Å². The molecule has 0 atom stereocenters. The van der Waals surface area contributed by atoms with Crippen LogP contribution in [0.2, 0.25) is 0 Å². The minimum absolute atomic E-state index is 0.0577. The average molecular weight is 397 g/mol. The van der Waals surface area contributed by atoms with Crippen molar-refractivity contribution < 1.29 is 27.6 Å². The van der Waals surface area contributed by atoms with Crippen LogP contribution in [0.15, 0.2) is 42.5 Å². The van der Waals surface area contributed by atoms with Gasteiger partial charge in [0, 0.05) is 32.3 Å². The second-order valence-electron chi connectivity index (χ2n) is 6.09. The van der Waals surface area contributed by atoms with Crippen molar-refractivity contribution >= 4 is 17.3 Å². The first-order valence-electron chi connectivity index (χ1n) is 8.09. The standard InChI is InChI=1S/C18H18F3N3O4/c1-23(2)15-8-5-13(9-16(15)24(26)27)17(25)22-10-12-3-6-14(7-4-12)28-11-18(19,20)21/h3-9H,10-11H2,1-2H3,(H,22,25). The normalized spacial score (nSPS) is 11.0. The number of carbonyl (C=O) groups is 1. The number of alkyl halides is 3. The molecule has 2 aromatic rings. The van der Waals surface area contributed by atoms with E-state index in [2.05, 4.69) is 10.1 Å². The Kier molecular flexibility index (Phi) is 6.45. The number of amides is 1. The summed E-state index contributed by atoms with van der Waals surface area (Å²) in [6, 6.07) is 9.92. The summed E-state index contributed by atoms with van der Waals surface area (Å²) < 4.78 is 41.0. The number of anilines is 1. The Hall–Kier alpha value is -3.30. The first-order chi connectivity index (χ1) is 13.1. The Morgan fingerprint density at radius 1 is 1.18 bits per heavy atom. The van der Waals surface area contributed by atoms with Crippen molar-refractivity contribution in [1.29, 1.82) is 0 Å². The van der Waals surface area contributed by atoms with Gasteiger partial charge in [0.25, 0.3) is 11.6 Å². The molecule has 0 aliphatic carbocycles. The molecule has 0 bridgehead atoms. The summed E-state index contributed by atoms with van der Waals surface area (Å²) in [5.41, 5.74) is 0.939. The number of nitrogens with one attached hydrogen (secondary N) is 1. The van der Waals surface area contributed by atoms with Crippen molar-refractivity contribution in [3.8, 4) is 5.75 Å². The molecule has 0 aliphatic rings. The third-order valence-electron chi connectivity index (χ3n) is 3.70. The SMILES string of the molecule is CN(C)c1ccc(C(=O)NCc2ccc(OCC(F)(F)F)cc2)cc1[N+](=O)[O-]. The molecule has 2 aromatic carbocycles. The zero-order chi connectivity index (χ0) is 20.9. The maximum absolute atomic E-state index is 12.3. The summed E-state index contributed by atoms with van der Waals surface area (Å²) in [7, 11) is 3.31. The van der Waals surface area contributed by atoms with Crippen LogP contribution in [0.25, 0.3) is 0 Å². The average Bonchev–Trinajstić information content (AvgIpc) is 2.64. The van der Waals surface area contributed by atoms with Crippen molar-refractivity contribution in [2.45, 2.75) is 12.7 Å². The third-order valence-corrected chi connectivity index (χ3v) is 3.70. The molecule has 0 saturated heterocycles. The van der Waals surface area contributed by atoms with Gasteiger partial charge in [0.15, 0.2) is 6.61 Å². The Balaban J connectivity index is 2.00. The van der Waals surface area contributed by atoms with Gasteiger partial charge in [-0.2, -0.15) is 13.2 Å². The van der Waals surface area contributed by atoms with Gasteiger partial charge in [0.1, 0.15) is 11.4 Å². The maximum atomic E-state index is 12.3. The Morgan fingerprint density at radius 3 is 2.36 bits per heavy atom. The van der Waals surface area contributed by atoms with Crippen molar-refractivity contribution in [3.05, 3.63) is 63.7 Å². The van der Waals surface area contributed by atoms with Crippen LogP contribution in [-0.4, -0.2) is 37.7 Å². The highest BCUT2D eigenvalue weighted by molar-refractivity contribution is 5.95. The first-order valence-corrected chi connectivity index (χ1v) is 8.09. The fraction of sp³-hybridized carbons (Fsp3) is 0.278. The lowest BCUT2D eigenvalue weighted by atomic mass is 10.1. The number of hydrogen-bond donors (Lipinski definition) is 1. The monoisotopic (exact) mass is 397 g/mol. The second kappa shape index (κ2) is 8.59. The molecule has 7 nitrogen and oxygen atoms in total. The smallest absolute Gasteiger partial charge is 0.422 e. The quantitative estimate of drug-likeness (QED) is 0.571. The van der Waals surface area contributed by atoms with Gasteiger partial charge in [-0.15, -0.1) is 0 Å². The molecule has 0 heterocycles. The number of carbonyl (C=O) groups excluding carboxylic acids is 1. The second-order valence-corrected chi connectivity index (χ2v) is 6.09. The van der Waals surface area contributed by atoms with E-state index in [9.17, 15) is 28.1 Å². The van der Waals surface area contributed by atoms with Crippen LogP contribution in [0.3, 0.4) is 0 Å². The third kappa shape index (κ3) is 5.86. The van der Waals surface area contributed by atoms with E-state index < -0.39 is 23.6 Å². The van der Waals surface area contributed by atoms with Gasteiger partial charge in [-0.1, -0.05) is 12.1 Å². The van der Waals surface area contributed by atoms with Gasteiger partial charge < -0.3 is 15.0 Å². The fourth-order valence-electron chi connectivity index (χ4n) is 2.34.